The molecule has 0 radical (unpaired) electrons. The first-order valence-electron chi connectivity index (χ1n) is 9.60. The lowest BCUT2D eigenvalue weighted by Gasteiger charge is -2.16. The molecular formula is C20H24N4O3. The number of anilines is 1. The molecule has 1 aromatic heterocycles. The van der Waals surface area contributed by atoms with Gasteiger partial charge in [-0.05, 0) is 67.7 Å². The zero-order valence-electron chi connectivity index (χ0n) is 15.5. The lowest BCUT2D eigenvalue weighted by Crippen LogP contribution is -2.35. The van der Waals surface area contributed by atoms with Crippen molar-refractivity contribution in [3.05, 3.63) is 60.9 Å². The highest BCUT2D eigenvalue weighted by molar-refractivity contribution is 5.92. The van der Waals surface area contributed by atoms with E-state index in [-0.39, 0.29) is 12.6 Å². The van der Waals surface area contributed by atoms with Crippen molar-refractivity contribution in [2.45, 2.75) is 58.5 Å². The fourth-order valence-electron chi connectivity index (χ4n) is 4.22. The van der Waals surface area contributed by atoms with Crippen LogP contribution in [0.3, 0.4) is 0 Å². The Balaban J connectivity index is 1.52. The molecule has 0 spiro atoms. The molecule has 0 fully saturated rings. The lowest BCUT2D eigenvalue weighted by atomic mass is 9.99. The Morgan fingerprint density at radius 2 is 1.78 bits per heavy atom. The summed E-state index contributed by atoms with van der Waals surface area (Å²) in [4.78, 5) is 38.4. The third kappa shape index (κ3) is 3.29. The first-order chi connectivity index (χ1) is 13.1. The summed E-state index contributed by atoms with van der Waals surface area (Å²) < 4.78 is 1.41. The van der Waals surface area contributed by atoms with E-state index in [2.05, 4.69) is 21.7 Å². The topological polar surface area (TPSA) is 96.0 Å². The largest absolute Gasteiger partial charge is 0.334 e. The average molecular weight is 368 g/mol. The van der Waals surface area contributed by atoms with Gasteiger partial charge >= 0.3 is 11.7 Å². The Kier molecular flexibility index (Phi) is 4.59. The Morgan fingerprint density at radius 3 is 2.41 bits per heavy atom. The van der Waals surface area contributed by atoms with Crippen LogP contribution in [0.25, 0.3) is 0 Å². The number of nitrogens with zero attached hydrogens (tertiary/aromatic N) is 1. The number of H-pyrrole nitrogens is 1. The molecule has 4 rings (SSSR count). The lowest BCUT2D eigenvalue weighted by molar-refractivity contribution is 0.251. The van der Waals surface area contributed by atoms with Crippen molar-refractivity contribution in [3.63, 3.8) is 0 Å². The second-order valence-corrected chi connectivity index (χ2v) is 7.24. The predicted octanol–water partition coefficient (Wildman–Crippen LogP) is 1.86. The molecule has 0 unspecified atom stereocenters. The van der Waals surface area contributed by atoms with Crippen LogP contribution in [0.5, 0.6) is 0 Å². The molecule has 0 bridgehead atoms. The standard InChI is InChI=1S/C20H24N4O3/c1-2-24-11-14(18(25)23-20(24)27)10-21-19(26)22-17-15-7-3-5-12(15)9-13-6-4-8-16(13)17/h9,11H,2-8,10H2,1H3,(H2,21,22,26)(H,23,25,27). The van der Waals surface area contributed by atoms with Gasteiger partial charge in [-0.15, -0.1) is 0 Å². The van der Waals surface area contributed by atoms with Gasteiger partial charge in [0.15, 0.2) is 0 Å². The molecule has 0 saturated heterocycles. The second kappa shape index (κ2) is 7.06. The number of benzene rings is 1. The van der Waals surface area contributed by atoms with Crippen LogP contribution in [0.1, 0.15) is 47.6 Å². The molecule has 0 saturated carbocycles. The summed E-state index contributed by atoms with van der Waals surface area (Å²) in [5, 5.41) is 5.80. The van der Waals surface area contributed by atoms with Gasteiger partial charge in [-0.1, -0.05) is 6.07 Å². The SMILES string of the molecule is CCn1cc(CNC(=O)Nc2c3c(cc4c2CCC4)CCC3)c(=O)[nH]c1=O. The Hall–Kier alpha value is -2.83. The second-order valence-electron chi connectivity index (χ2n) is 7.24. The molecule has 27 heavy (non-hydrogen) atoms. The Morgan fingerprint density at radius 1 is 1.11 bits per heavy atom. The number of amides is 2. The molecular weight excluding hydrogens is 344 g/mol. The Bertz CT molecular complexity index is 987. The van der Waals surface area contributed by atoms with E-state index in [1.165, 1.54) is 33.0 Å². The highest BCUT2D eigenvalue weighted by Crippen LogP contribution is 2.38. The van der Waals surface area contributed by atoms with Crippen LogP contribution in [0, 0.1) is 0 Å². The smallest absolute Gasteiger partial charge is 0.328 e. The number of carbonyl (C=O) groups excluding carboxylic acids is 1. The number of urea groups is 1. The van der Waals surface area contributed by atoms with E-state index < -0.39 is 11.2 Å². The van der Waals surface area contributed by atoms with Gasteiger partial charge in [0.05, 0.1) is 12.1 Å². The van der Waals surface area contributed by atoms with E-state index >= 15 is 0 Å². The summed E-state index contributed by atoms with van der Waals surface area (Å²) in [5.74, 6) is 0. The van der Waals surface area contributed by atoms with E-state index in [1.54, 1.807) is 0 Å². The van der Waals surface area contributed by atoms with Crippen LogP contribution in [0.2, 0.25) is 0 Å². The third-order valence-electron chi connectivity index (χ3n) is 5.58. The van der Waals surface area contributed by atoms with E-state index in [9.17, 15) is 14.4 Å². The first-order valence-corrected chi connectivity index (χ1v) is 9.60. The van der Waals surface area contributed by atoms with Crippen LogP contribution < -0.4 is 21.9 Å². The molecule has 142 valence electrons. The minimum atomic E-state index is -0.466. The quantitative estimate of drug-likeness (QED) is 0.768. The van der Waals surface area contributed by atoms with E-state index in [0.717, 1.165) is 44.2 Å². The molecule has 2 aliphatic carbocycles. The van der Waals surface area contributed by atoms with Crippen molar-refractivity contribution < 1.29 is 4.79 Å². The van der Waals surface area contributed by atoms with Gasteiger partial charge in [0.2, 0.25) is 0 Å². The summed E-state index contributed by atoms with van der Waals surface area (Å²) >= 11 is 0. The number of carbonyl (C=O) groups is 1. The number of hydrogen-bond donors (Lipinski definition) is 3. The molecule has 0 aliphatic heterocycles. The van der Waals surface area contributed by atoms with Crippen molar-refractivity contribution in [1.29, 1.82) is 0 Å². The van der Waals surface area contributed by atoms with E-state index in [0.29, 0.717) is 12.1 Å². The summed E-state index contributed by atoms with van der Waals surface area (Å²) in [6.45, 7) is 2.34. The molecule has 2 aliphatic rings. The monoisotopic (exact) mass is 368 g/mol. The third-order valence-corrected chi connectivity index (χ3v) is 5.58. The van der Waals surface area contributed by atoms with Gasteiger partial charge in [-0.25, -0.2) is 9.59 Å². The summed E-state index contributed by atoms with van der Waals surface area (Å²) in [6, 6.07) is 2.00. The number of rotatable bonds is 4. The van der Waals surface area contributed by atoms with Crippen LogP contribution >= 0.6 is 0 Å². The molecule has 2 aromatic rings. The summed E-state index contributed by atoms with van der Waals surface area (Å²) in [6.07, 6.45) is 7.91. The average Bonchev–Trinajstić information content (AvgIpc) is 3.30. The molecule has 0 atom stereocenters. The summed E-state index contributed by atoms with van der Waals surface area (Å²) in [5.41, 5.74) is 5.68. The summed E-state index contributed by atoms with van der Waals surface area (Å²) in [7, 11) is 0. The molecule has 3 N–H and O–H groups in total. The molecule has 2 amide bonds. The van der Waals surface area contributed by atoms with Crippen molar-refractivity contribution in [1.82, 2.24) is 14.9 Å². The fraction of sp³-hybridized carbons (Fsp3) is 0.450. The van der Waals surface area contributed by atoms with Crippen LogP contribution in [-0.2, 0) is 38.8 Å². The van der Waals surface area contributed by atoms with Gasteiger partial charge in [0.1, 0.15) is 0 Å². The number of nitrogens with one attached hydrogen (secondary N) is 3. The zero-order valence-corrected chi connectivity index (χ0v) is 15.5. The van der Waals surface area contributed by atoms with Crippen LogP contribution in [0.4, 0.5) is 10.5 Å². The van der Waals surface area contributed by atoms with Crippen LogP contribution in [-0.4, -0.2) is 15.6 Å². The molecule has 7 nitrogen and oxygen atoms in total. The number of aryl methyl sites for hydroxylation is 3. The minimum absolute atomic E-state index is 0.0681. The van der Waals surface area contributed by atoms with Crippen molar-refractivity contribution in [2.24, 2.45) is 0 Å². The van der Waals surface area contributed by atoms with Gasteiger partial charge < -0.3 is 15.2 Å². The van der Waals surface area contributed by atoms with Crippen molar-refractivity contribution in [3.8, 4) is 0 Å². The molecule has 1 aromatic carbocycles. The maximum atomic E-state index is 12.5. The predicted molar refractivity (Wildman–Crippen MR) is 103 cm³/mol. The van der Waals surface area contributed by atoms with Crippen LogP contribution in [0.15, 0.2) is 21.9 Å². The van der Waals surface area contributed by atoms with Gasteiger partial charge in [0, 0.05) is 18.4 Å². The van der Waals surface area contributed by atoms with Gasteiger partial charge in [-0.2, -0.15) is 0 Å². The first kappa shape index (κ1) is 17.6. The van der Waals surface area contributed by atoms with E-state index in [1.807, 2.05) is 6.92 Å². The maximum Gasteiger partial charge on any atom is 0.328 e. The number of aromatic nitrogens is 2. The van der Waals surface area contributed by atoms with E-state index in [4.69, 9.17) is 0 Å². The maximum absolute atomic E-state index is 12.5. The highest BCUT2D eigenvalue weighted by atomic mass is 16.2. The van der Waals surface area contributed by atoms with Gasteiger partial charge in [0.25, 0.3) is 5.56 Å². The zero-order chi connectivity index (χ0) is 19.0. The molecule has 1 heterocycles. The normalized spacial score (nSPS) is 14.7. The number of aromatic amines is 1. The fourth-order valence-corrected chi connectivity index (χ4v) is 4.22. The Labute approximate surface area is 156 Å². The van der Waals surface area contributed by atoms with Gasteiger partial charge in [-0.3, -0.25) is 9.78 Å². The van der Waals surface area contributed by atoms with Crippen molar-refractivity contribution in [2.75, 3.05) is 5.32 Å². The number of fused-ring (bicyclic) bond motifs is 2. The number of hydrogen-bond acceptors (Lipinski definition) is 3. The van der Waals surface area contributed by atoms with Crippen molar-refractivity contribution >= 4 is 11.7 Å². The minimum Gasteiger partial charge on any atom is -0.334 e. The molecule has 7 heteroatoms. The highest BCUT2D eigenvalue weighted by Gasteiger charge is 2.24.